The van der Waals surface area contributed by atoms with Crippen molar-refractivity contribution >= 4 is 17.3 Å². The lowest BCUT2D eigenvalue weighted by molar-refractivity contribution is -0.384. The topological polar surface area (TPSA) is 92.5 Å². The predicted octanol–water partition coefficient (Wildman–Crippen LogP) is 1.62. The summed E-state index contributed by atoms with van der Waals surface area (Å²) in [6.07, 6.45) is 0.989. The van der Waals surface area contributed by atoms with Crippen molar-refractivity contribution in [1.29, 1.82) is 0 Å². The highest BCUT2D eigenvalue weighted by atomic mass is 16.6. The van der Waals surface area contributed by atoms with Crippen molar-refractivity contribution < 1.29 is 14.8 Å². The first-order valence-corrected chi connectivity index (χ1v) is 4.80. The Hall–Kier alpha value is -2.11. The molecule has 0 aromatic heterocycles. The zero-order valence-corrected chi connectivity index (χ0v) is 8.34. The molecule has 0 saturated heterocycles. The van der Waals surface area contributed by atoms with Gasteiger partial charge < -0.3 is 10.4 Å². The molecule has 0 aliphatic heterocycles. The molecule has 1 aliphatic carbocycles. The van der Waals surface area contributed by atoms with Crippen LogP contribution in [-0.2, 0) is 4.79 Å². The van der Waals surface area contributed by atoms with Crippen LogP contribution in [0.2, 0.25) is 0 Å². The maximum atomic E-state index is 10.9. The number of anilines is 1. The first kappa shape index (κ1) is 10.4. The van der Waals surface area contributed by atoms with E-state index >= 15 is 0 Å². The average molecular weight is 222 g/mol. The first-order valence-electron chi connectivity index (χ1n) is 4.80. The van der Waals surface area contributed by atoms with Crippen LogP contribution in [0.4, 0.5) is 11.4 Å². The molecular formula is C10H10N2O4. The number of carboxylic acids is 1. The molecule has 6 nitrogen and oxygen atoms in total. The third-order valence-corrected chi connectivity index (χ3v) is 2.63. The van der Waals surface area contributed by atoms with Crippen LogP contribution in [0.1, 0.15) is 12.8 Å². The minimum Gasteiger partial charge on any atom is -0.480 e. The average Bonchev–Trinajstić information content (AvgIpc) is 2.99. The van der Waals surface area contributed by atoms with Crippen molar-refractivity contribution in [3.05, 3.63) is 34.4 Å². The highest BCUT2D eigenvalue weighted by Crippen LogP contribution is 2.41. The highest BCUT2D eigenvalue weighted by Gasteiger charge is 2.51. The van der Waals surface area contributed by atoms with E-state index in [-0.39, 0.29) is 11.4 Å². The van der Waals surface area contributed by atoms with Crippen molar-refractivity contribution in [2.24, 2.45) is 0 Å². The number of benzene rings is 1. The zero-order chi connectivity index (χ0) is 11.8. The number of nitrogens with zero attached hydrogens (tertiary/aromatic N) is 1. The molecule has 84 valence electrons. The molecule has 6 heteroatoms. The third-order valence-electron chi connectivity index (χ3n) is 2.63. The van der Waals surface area contributed by atoms with E-state index in [0.717, 1.165) is 0 Å². The number of para-hydroxylation sites is 2. The van der Waals surface area contributed by atoms with Crippen molar-refractivity contribution in [2.75, 3.05) is 5.32 Å². The van der Waals surface area contributed by atoms with E-state index in [4.69, 9.17) is 5.11 Å². The molecular weight excluding hydrogens is 212 g/mol. The van der Waals surface area contributed by atoms with E-state index in [2.05, 4.69) is 5.32 Å². The summed E-state index contributed by atoms with van der Waals surface area (Å²) >= 11 is 0. The van der Waals surface area contributed by atoms with E-state index in [9.17, 15) is 14.9 Å². The second-order valence-corrected chi connectivity index (χ2v) is 3.79. The monoisotopic (exact) mass is 222 g/mol. The standard InChI is InChI=1S/C10H10N2O4/c13-9(14)10(5-6-10)11-7-3-1-2-4-8(7)12(15)16/h1-4,11H,5-6H2,(H,13,14). The van der Waals surface area contributed by atoms with Gasteiger partial charge in [-0.05, 0) is 18.9 Å². The van der Waals surface area contributed by atoms with Crippen LogP contribution in [0.25, 0.3) is 0 Å². The van der Waals surface area contributed by atoms with Gasteiger partial charge in [-0.25, -0.2) is 4.79 Å². The van der Waals surface area contributed by atoms with Gasteiger partial charge in [0, 0.05) is 6.07 Å². The molecule has 0 radical (unpaired) electrons. The smallest absolute Gasteiger partial charge is 0.329 e. The van der Waals surface area contributed by atoms with Gasteiger partial charge in [-0.15, -0.1) is 0 Å². The number of carboxylic acid groups (broad SMARTS) is 1. The molecule has 1 aromatic rings. The Balaban J connectivity index is 2.28. The normalized spacial score (nSPS) is 16.5. The largest absolute Gasteiger partial charge is 0.480 e. The van der Waals surface area contributed by atoms with Crippen molar-refractivity contribution in [3.63, 3.8) is 0 Å². The molecule has 1 fully saturated rings. The SMILES string of the molecule is O=C(O)C1(Nc2ccccc2[N+](=O)[O-])CC1. The number of aliphatic carboxylic acids is 1. The molecule has 1 aliphatic rings. The molecule has 0 amide bonds. The molecule has 2 rings (SSSR count). The van der Waals surface area contributed by atoms with Crippen LogP contribution in [0.15, 0.2) is 24.3 Å². The zero-order valence-electron chi connectivity index (χ0n) is 8.34. The van der Waals surface area contributed by atoms with Gasteiger partial charge in [0.25, 0.3) is 5.69 Å². The van der Waals surface area contributed by atoms with Crippen molar-refractivity contribution in [2.45, 2.75) is 18.4 Å². The van der Waals surface area contributed by atoms with Crippen LogP contribution < -0.4 is 5.32 Å². The van der Waals surface area contributed by atoms with Crippen LogP contribution in [0.5, 0.6) is 0 Å². The second-order valence-electron chi connectivity index (χ2n) is 3.79. The minimum absolute atomic E-state index is 0.102. The highest BCUT2D eigenvalue weighted by molar-refractivity contribution is 5.87. The van der Waals surface area contributed by atoms with Crippen molar-refractivity contribution in [1.82, 2.24) is 0 Å². The molecule has 0 atom stereocenters. The number of nitrogens with one attached hydrogen (secondary N) is 1. The molecule has 2 N–H and O–H groups in total. The van der Waals surface area contributed by atoms with E-state index in [1.807, 2.05) is 0 Å². The lowest BCUT2D eigenvalue weighted by Crippen LogP contribution is -2.31. The Bertz CT molecular complexity index is 454. The lowest BCUT2D eigenvalue weighted by Gasteiger charge is -2.13. The van der Waals surface area contributed by atoms with E-state index in [1.54, 1.807) is 12.1 Å². The maximum absolute atomic E-state index is 10.9. The number of carbonyl (C=O) groups is 1. The summed E-state index contributed by atoms with van der Waals surface area (Å²) in [6.45, 7) is 0. The molecule has 1 saturated carbocycles. The van der Waals surface area contributed by atoms with E-state index in [1.165, 1.54) is 12.1 Å². The van der Waals surface area contributed by atoms with Gasteiger partial charge in [-0.3, -0.25) is 10.1 Å². The Morgan fingerprint density at radius 2 is 2.06 bits per heavy atom. The fraction of sp³-hybridized carbons (Fsp3) is 0.300. The van der Waals surface area contributed by atoms with Crippen molar-refractivity contribution in [3.8, 4) is 0 Å². The summed E-state index contributed by atoms with van der Waals surface area (Å²) in [4.78, 5) is 21.1. The summed E-state index contributed by atoms with van der Waals surface area (Å²) in [6, 6.07) is 6.04. The molecule has 0 heterocycles. The van der Waals surface area contributed by atoms with Crippen LogP contribution in [0.3, 0.4) is 0 Å². The van der Waals surface area contributed by atoms with Crippen LogP contribution in [0, 0.1) is 10.1 Å². The molecule has 0 bridgehead atoms. The van der Waals surface area contributed by atoms with E-state index in [0.29, 0.717) is 12.8 Å². The summed E-state index contributed by atoms with van der Waals surface area (Å²) < 4.78 is 0. The number of hydrogen-bond acceptors (Lipinski definition) is 4. The quantitative estimate of drug-likeness (QED) is 0.596. The number of nitro benzene ring substituents is 1. The van der Waals surface area contributed by atoms with Crippen LogP contribution in [-0.4, -0.2) is 21.5 Å². The fourth-order valence-electron chi connectivity index (χ4n) is 1.51. The van der Waals surface area contributed by atoms with Crippen LogP contribution >= 0.6 is 0 Å². The molecule has 0 spiro atoms. The summed E-state index contributed by atoms with van der Waals surface area (Å²) in [7, 11) is 0. The summed E-state index contributed by atoms with van der Waals surface area (Å²) in [5, 5.41) is 22.4. The predicted molar refractivity (Wildman–Crippen MR) is 56.3 cm³/mol. The third kappa shape index (κ3) is 1.69. The maximum Gasteiger partial charge on any atom is 0.329 e. The fourth-order valence-corrected chi connectivity index (χ4v) is 1.51. The Morgan fingerprint density at radius 3 is 2.56 bits per heavy atom. The van der Waals surface area contributed by atoms with Gasteiger partial charge in [0.1, 0.15) is 11.2 Å². The molecule has 0 unspecified atom stereocenters. The Morgan fingerprint density at radius 1 is 1.44 bits per heavy atom. The number of rotatable bonds is 4. The van der Waals surface area contributed by atoms with Gasteiger partial charge in [-0.2, -0.15) is 0 Å². The van der Waals surface area contributed by atoms with E-state index < -0.39 is 16.4 Å². The molecule has 16 heavy (non-hydrogen) atoms. The number of hydrogen-bond donors (Lipinski definition) is 2. The van der Waals surface area contributed by atoms with Gasteiger partial charge in [0.05, 0.1) is 4.92 Å². The number of nitro groups is 1. The second kappa shape index (κ2) is 3.48. The van der Waals surface area contributed by atoms with Gasteiger partial charge >= 0.3 is 5.97 Å². The summed E-state index contributed by atoms with van der Waals surface area (Å²) in [5.41, 5.74) is -0.853. The lowest BCUT2D eigenvalue weighted by atomic mass is 10.2. The Kier molecular flexibility index (Phi) is 2.26. The first-order chi connectivity index (χ1) is 7.55. The van der Waals surface area contributed by atoms with Gasteiger partial charge in [-0.1, -0.05) is 12.1 Å². The summed E-state index contributed by atoms with van der Waals surface area (Å²) in [5.74, 6) is -0.967. The Labute approximate surface area is 91.0 Å². The van der Waals surface area contributed by atoms with Gasteiger partial charge in [0.2, 0.25) is 0 Å². The van der Waals surface area contributed by atoms with Gasteiger partial charge in [0.15, 0.2) is 0 Å². The minimum atomic E-state index is -1.01. The molecule has 1 aromatic carbocycles.